The summed E-state index contributed by atoms with van der Waals surface area (Å²) in [5.41, 5.74) is -0.745. The second-order valence-electron chi connectivity index (χ2n) is 4.25. The molecule has 1 saturated heterocycles. The van der Waals surface area contributed by atoms with E-state index < -0.39 is 11.6 Å². The summed E-state index contributed by atoms with van der Waals surface area (Å²) in [7, 11) is 1.55. The lowest BCUT2D eigenvalue weighted by Crippen LogP contribution is -2.51. The van der Waals surface area contributed by atoms with Crippen LogP contribution in [-0.4, -0.2) is 38.0 Å². The molecule has 2 atom stereocenters. The maximum atomic E-state index is 11.8. The normalized spacial score (nSPS) is 33.2. The Morgan fingerprint density at radius 1 is 1.50 bits per heavy atom. The lowest BCUT2D eigenvalue weighted by molar-refractivity contribution is -0.127. The summed E-state index contributed by atoms with van der Waals surface area (Å²) in [6.07, 6.45) is 2.50. The number of urea groups is 1. The SMILES string of the molecule is COCOC[C@H]1CCC[C@@]12NC(=O)NC2=O. The van der Waals surface area contributed by atoms with Crippen LogP contribution in [0.15, 0.2) is 0 Å². The van der Waals surface area contributed by atoms with Crippen molar-refractivity contribution in [2.45, 2.75) is 24.8 Å². The summed E-state index contributed by atoms with van der Waals surface area (Å²) < 4.78 is 10.1. The van der Waals surface area contributed by atoms with Crippen molar-refractivity contribution in [3.8, 4) is 0 Å². The lowest BCUT2D eigenvalue weighted by Gasteiger charge is -2.27. The fourth-order valence-corrected chi connectivity index (χ4v) is 2.55. The van der Waals surface area contributed by atoms with Crippen molar-refractivity contribution in [1.82, 2.24) is 10.6 Å². The van der Waals surface area contributed by atoms with Gasteiger partial charge in [-0.1, -0.05) is 6.42 Å². The minimum atomic E-state index is -0.745. The molecule has 16 heavy (non-hydrogen) atoms. The predicted molar refractivity (Wildman–Crippen MR) is 54.6 cm³/mol. The number of rotatable bonds is 4. The monoisotopic (exact) mass is 228 g/mol. The van der Waals surface area contributed by atoms with Crippen LogP contribution in [0.5, 0.6) is 0 Å². The Labute approximate surface area is 93.7 Å². The van der Waals surface area contributed by atoms with Gasteiger partial charge in [-0.2, -0.15) is 0 Å². The molecular formula is C10H16N2O4. The summed E-state index contributed by atoms with van der Waals surface area (Å²) in [6, 6.07) is -0.399. The molecule has 1 spiro atoms. The van der Waals surface area contributed by atoms with E-state index in [4.69, 9.17) is 9.47 Å². The molecule has 0 aromatic rings. The van der Waals surface area contributed by atoms with Crippen LogP contribution in [0, 0.1) is 5.92 Å². The van der Waals surface area contributed by atoms with Crippen molar-refractivity contribution in [1.29, 1.82) is 0 Å². The van der Waals surface area contributed by atoms with Gasteiger partial charge in [-0.25, -0.2) is 4.79 Å². The van der Waals surface area contributed by atoms with Crippen molar-refractivity contribution in [2.75, 3.05) is 20.5 Å². The molecule has 2 aliphatic rings. The second kappa shape index (κ2) is 4.39. The summed E-state index contributed by atoms with van der Waals surface area (Å²) in [4.78, 5) is 23.0. The van der Waals surface area contributed by atoms with Crippen LogP contribution in [0.3, 0.4) is 0 Å². The van der Waals surface area contributed by atoms with Gasteiger partial charge >= 0.3 is 6.03 Å². The van der Waals surface area contributed by atoms with Crippen LogP contribution in [0.25, 0.3) is 0 Å². The summed E-state index contributed by atoms with van der Waals surface area (Å²) in [5, 5.41) is 5.03. The maximum absolute atomic E-state index is 11.8. The zero-order valence-corrected chi connectivity index (χ0v) is 9.25. The van der Waals surface area contributed by atoms with Crippen molar-refractivity contribution in [3.05, 3.63) is 0 Å². The zero-order valence-electron chi connectivity index (χ0n) is 9.25. The minimum Gasteiger partial charge on any atom is -0.359 e. The third kappa shape index (κ3) is 1.78. The van der Waals surface area contributed by atoms with E-state index in [1.54, 1.807) is 7.11 Å². The first kappa shape index (κ1) is 11.3. The van der Waals surface area contributed by atoms with Gasteiger partial charge in [0, 0.05) is 13.0 Å². The molecule has 0 aromatic heterocycles. The highest BCUT2D eigenvalue weighted by molar-refractivity contribution is 6.07. The van der Waals surface area contributed by atoms with Crippen molar-refractivity contribution >= 4 is 11.9 Å². The van der Waals surface area contributed by atoms with E-state index in [9.17, 15) is 9.59 Å². The summed E-state index contributed by atoms with van der Waals surface area (Å²) in [5.74, 6) is -0.185. The molecule has 2 N–H and O–H groups in total. The smallest absolute Gasteiger partial charge is 0.322 e. The standard InChI is InChI=1S/C10H16N2O4/c1-15-6-16-5-7-3-2-4-10(7)8(13)11-9(14)12-10/h7H,2-6H2,1H3,(H2,11,12,13,14)/t7-,10-/m1/s1. The number of carbonyl (C=O) groups excluding carboxylic acids is 2. The summed E-state index contributed by atoms with van der Waals surface area (Å²) in [6.45, 7) is 0.643. The van der Waals surface area contributed by atoms with E-state index in [0.717, 1.165) is 12.8 Å². The molecule has 90 valence electrons. The second-order valence-corrected chi connectivity index (χ2v) is 4.25. The van der Waals surface area contributed by atoms with Crippen LogP contribution in [-0.2, 0) is 14.3 Å². The highest BCUT2D eigenvalue weighted by atomic mass is 16.7. The average molecular weight is 228 g/mol. The van der Waals surface area contributed by atoms with E-state index in [0.29, 0.717) is 13.0 Å². The van der Waals surface area contributed by atoms with Crippen molar-refractivity contribution < 1.29 is 19.1 Å². The molecule has 1 aliphatic heterocycles. The first-order valence-electron chi connectivity index (χ1n) is 5.39. The molecule has 6 heteroatoms. The van der Waals surface area contributed by atoms with Crippen LogP contribution in [0.1, 0.15) is 19.3 Å². The molecular weight excluding hydrogens is 212 g/mol. The molecule has 0 unspecified atom stereocenters. The first-order chi connectivity index (χ1) is 7.69. The molecule has 6 nitrogen and oxygen atoms in total. The molecule has 0 bridgehead atoms. The number of carbonyl (C=O) groups is 2. The van der Waals surface area contributed by atoms with Gasteiger partial charge in [-0.05, 0) is 12.8 Å². The number of ether oxygens (including phenoxy) is 2. The lowest BCUT2D eigenvalue weighted by atomic mass is 9.88. The van der Waals surface area contributed by atoms with Gasteiger partial charge in [0.05, 0.1) is 6.61 Å². The van der Waals surface area contributed by atoms with Gasteiger partial charge in [0.1, 0.15) is 12.3 Å². The van der Waals surface area contributed by atoms with Crippen molar-refractivity contribution in [2.24, 2.45) is 5.92 Å². The predicted octanol–water partition coefficient (Wildman–Crippen LogP) is -0.0148. The molecule has 1 heterocycles. The Morgan fingerprint density at radius 2 is 2.31 bits per heavy atom. The Balaban J connectivity index is 2.02. The summed E-state index contributed by atoms with van der Waals surface area (Å²) >= 11 is 0. The Bertz CT molecular complexity index is 307. The minimum absolute atomic E-state index is 0.0362. The van der Waals surface area contributed by atoms with Crippen molar-refractivity contribution in [3.63, 3.8) is 0 Å². The molecule has 3 amide bonds. The average Bonchev–Trinajstić information content (AvgIpc) is 2.74. The van der Waals surface area contributed by atoms with E-state index in [1.165, 1.54) is 0 Å². The molecule has 2 rings (SSSR count). The molecule has 1 aliphatic carbocycles. The quantitative estimate of drug-likeness (QED) is 0.403. The number of nitrogens with one attached hydrogen (secondary N) is 2. The number of imide groups is 1. The fraction of sp³-hybridized carbons (Fsp3) is 0.800. The van der Waals surface area contributed by atoms with Crippen LogP contribution in [0.2, 0.25) is 0 Å². The largest absolute Gasteiger partial charge is 0.359 e. The van der Waals surface area contributed by atoms with Crippen LogP contribution >= 0.6 is 0 Å². The Hall–Kier alpha value is -1.14. The van der Waals surface area contributed by atoms with E-state index >= 15 is 0 Å². The van der Waals surface area contributed by atoms with Gasteiger partial charge < -0.3 is 14.8 Å². The highest BCUT2D eigenvalue weighted by Gasteiger charge is 2.54. The van der Waals surface area contributed by atoms with Gasteiger partial charge in [0.2, 0.25) is 0 Å². The Morgan fingerprint density at radius 3 is 2.94 bits per heavy atom. The highest BCUT2D eigenvalue weighted by Crippen LogP contribution is 2.37. The van der Waals surface area contributed by atoms with Crippen LogP contribution in [0.4, 0.5) is 4.79 Å². The number of hydrogen-bond donors (Lipinski definition) is 2. The van der Waals surface area contributed by atoms with Gasteiger partial charge in [0.15, 0.2) is 0 Å². The third-order valence-corrected chi connectivity index (χ3v) is 3.31. The fourth-order valence-electron chi connectivity index (χ4n) is 2.55. The first-order valence-corrected chi connectivity index (χ1v) is 5.39. The number of methoxy groups -OCH3 is 1. The number of amides is 3. The maximum Gasteiger partial charge on any atom is 0.322 e. The van der Waals surface area contributed by atoms with Gasteiger partial charge in [-0.15, -0.1) is 0 Å². The van der Waals surface area contributed by atoms with E-state index in [1.807, 2.05) is 0 Å². The van der Waals surface area contributed by atoms with Crippen LogP contribution < -0.4 is 10.6 Å². The van der Waals surface area contributed by atoms with Gasteiger partial charge in [0.25, 0.3) is 5.91 Å². The van der Waals surface area contributed by atoms with Gasteiger partial charge in [-0.3, -0.25) is 10.1 Å². The zero-order chi connectivity index (χ0) is 11.6. The number of hydrogen-bond acceptors (Lipinski definition) is 4. The van der Waals surface area contributed by atoms with E-state index in [-0.39, 0.29) is 18.6 Å². The molecule has 2 fully saturated rings. The Kier molecular flexibility index (Phi) is 3.11. The topological polar surface area (TPSA) is 76.7 Å². The molecule has 1 saturated carbocycles. The molecule has 0 radical (unpaired) electrons. The third-order valence-electron chi connectivity index (χ3n) is 3.31. The molecule has 0 aromatic carbocycles. The van der Waals surface area contributed by atoms with E-state index in [2.05, 4.69) is 10.6 Å².